The topological polar surface area (TPSA) is 198 Å². The van der Waals surface area contributed by atoms with Crippen LogP contribution in [-0.2, 0) is 57.2 Å². The van der Waals surface area contributed by atoms with Crippen LogP contribution < -0.4 is 0 Å². The first-order valence-corrected chi connectivity index (χ1v) is 18.2. The largest absolute Gasteiger partial charge is 0.462 e. The van der Waals surface area contributed by atoms with Gasteiger partial charge >= 0.3 is 35.8 Å². The van der Waals surface area contributed by atoms with Crippen molar-refractivity contribution < 1.29 is 67.4 Å². The standard InChI is InChI=1S/C38H56O14/c1-9-11-12-13-14-16-32(43)51-29-20-28(49-24(5)40)36(7)27(48-23(4)39)18-17-26(21-47-31(42)15-10-2)19-30-38(46,22(3)35(44)52-30)34(50-25(6)41)33(36)37(29,8)45/h17-19,22,27-30,33-34,45-46H,9-16,20-21H2,1-8H3/b18-17-,26-19+/t22-,27-,28-,29+,30-,33+,34+,36-,37+,38-/m0/s1. The number of rotatable bonds is 14. The number of fused-ring (bicyclic) bond motifs is 2. The highest BCUT2D eigenvalue weighted by Gasteiger charge is 2.72. The lowest BCUT2D eigenvalue weighted by Crippen LogP contribution is -2.74. The second-order valence-electron chi connectivity index (χ2n) is 14.6. The molecule has 0 aromatic heterocycles. The SMILES string of the molecule is CCCCCCCC(=O)O[C@@H]1C[C@H](OC(C)=O)[C@]2(C)[C@@H](OC(C)=O)/C=C\C(COC(=O)CCC)=C/[C@@H]3OC(=O)[C@H](C)[C@@]3(O)[C@H](OC(C)=O)[C@H]2[C@]1(C)O. The summed E-state index contributed by atoms with van der Waals surface area (Å²) in [5.41, 5.74) is -6.14. The zero-order valence-corrected chi connectivity index (χ0v) is 31.6. The molecule has 0 amide bonds. The highest BCUT2D eigenvalue weighted by molar-refractivity contribution is 5.78. The van der Waals surface area contributed by atoms with Crippen molar-refractivity contribution in [1.29, 1.82) is 0 Å². The van der Waals surface area contributed by atoms with Gasteiger partial charge in [-0.1, -0.05) is 52.5 Å². The minimum atomic E-state index is -2.42. The summed E-state index contributed by atoms with van der Waals surface area (Å²) in [4.78, 5) is 77.3. The van der Waals surface area contributed by atoms with Crippen LogP contribution in [-0.4, -0.2) is 94.4 Å². The Morgan fingerprint density at radius 3 is 2.06 bits per heavy atom. The Kier molecular flexibility index (Phi) is 14.6. The van der Waals surface area contributed by atoms with Crippen LogP contribution in [0.25, 0.3) is 0 Å². The molecule has 0 aromatic carbocycles. The fourth-order valence-electron chi connectivity index (χ4n) is 7.83. The molecule has 0 spiro atoms. The fourth-order valence-corrected chi connectivity index (χ4v) is 7.83. The number of hydrogen-bond donors (Lipinski definition) is 2. The highest BCUT2D eigenvalue weighted by atomic mass is 16.6. The quantitative estimate of drug-likeness (QED) is 0.148. The van der Waals surface area contributed by atoms with Crippen molar-refractivity contribution in [3.05, 3.63) is 23.8 Å². The van der Waals surface area contributed by atoms with Crippen molar-refractivity contribution in [3.8, 4) is 0 Å². The van der Waals surface area contributed by atoms with Gasteiger partial charge < -0.3 is 38.6 Å². The molecule has 14 nitrogen and oxygen atoms in total. The van der Waals surface area contributed by atoms with Gasteiger partial charge in [0.05, 0.1) is 11.3 Å². The Balaban J connectivity index is 2.33. The minimum Gasteiger partial charge on any atom is -0.462 e. The second kappa shape index (κ2) is 17.8. The smallest absolute Gasteiger partial charge is 0.312 e. The van der Waals surface area contributed by atoms with Crippen LogP contribution in [0, 0.1) is 17.3 Å². The van der Waals surface area contributed by atoms with Crippen molar-refractivity contribution in [3.63, 3.8) is 0 Å². The summed E-state index contributed by atoms with van der Waals surface area (Å²) in [7, 11) is 0. The molecule has 1 aliphatic heterocycles. The summed E-state index contributed by atoms with van der Waals surface area (Å²) in [5, 5.41) is 25.5. The van der Waals surface area contributed by atoms with Gasteiger partial charge in [0.25, 0.3) is 0 Å². The molecule has 1 saturated heterocycles. The Hall–Kier alpha value is -3.78. The molecule has 0 bridgehead atoms. The highest BCUT2D eigenvalue weighted by Crippen LogP contribution is 2.58. The Bertz CT molecular complexity index is 1400. The van der Waals surface area contributed by atoms with E-state index < -0.39 is 94.8 Å². The molecule has 0 unspecified atom stereocenters. The molecule has 1 heterocycles. The predicted molar refractivity (Wildman–Crippen MR) is 184 cm³/mol. The molecule has 14 heteroatoms. The van der Waals surface area contributed by atoms with E-state index in [1.165, 1.54) is 39.0 Å². The van der Waals surface area contributed by atoms with E-state index in [1.807, 2.05) is 0 Å². The lowest BCUT2D eigenvalue weighted by molar-refractivity contribution is -0.286. The number of aliphatic hydroxyl groups is 2. The molecule has 3 rings (SSSR count). The molecule has 0 aromatic rings. The van der Waals surface area contributed by atoms with E-state index in [0.29, 0.717) is 12.8 Å². The Morgan fingerprint density at radius 2 is 1.46 bits per heavy atom. The molecule has 10 atom stereocenters. The Labute approximate surface area is 305 Å². The van der Waals surface area contributed by atoms with Crippen molar-refractivity contribution in [1.82, 2.24) is 0 Å². The van der Waals surface area contributed by atoms with Crippen molar-refractivity contribution in [2.45, 2.75) is 155 Å². The number of unbranched alkanes of at least 4 members (excludes halogenated alkanes) is 4. The molecule has 2 N–H and O–H groups in total. The first-order chi connectivity index (χ1) is 24.3. The van der Waals surface area contributed by atoms with Crippen molar-refractivity contribution in [2.24, 2.45) is 17.3 Å². The first kappa shape index (κ1) is 42.6. The molecule has 2 aliphatic carbocycles. The van der Waals surface area contributed by atoms with E-state index >= 15 is 0 Å². The van der Waals surface area contributed by atoms with Crippen molar-refractivity contribution >= 4 is 35.8 Å². The van der Waals surface area contributed by atoms with Crippen LogP contribution in [0.4, 0.5) is 0 Å². The summed E-state index contributed by atoms with van der Waals surface area (Å²) in [6.45, 7) is 11.2. The van der Waals surface area contributed by atoms with Crippen molar-refractivity contribution in [2.75, 3.05) is 6.61 Å². The van der Waals surface area contributed by atoms with E-state index in [9.17, 15) is 39.0 Å². The first-order valence-electron chi connectivity index (χ1n) is 18.2. The molecule has 1 saturated carbocycles. The van der Waals surface area contributed by atoms with Crippen LogP contribution in [0.5, 0.6) is 0 Å². The molecule has 3 aliphatic rings. The van der Waals surface area contributed by atoms with E-state index in [4.69, 9.17) is 28.4 Å². The fraction of sp³-hybridized carbons (Fsp3) is 0.737. The maximum atomic E-state index is 13.3. The van der Waals surface area contributed by atoms with E-state index in [1.54, 1.807) is 6.92 Å². The number of carbonyl (C=O) groups is 6. The minimum absolute atomic E-state index is 0.0461. The number of ether oxygens (including phenoxy) is 6. The summed E-state index contributed by atoms with van der Waals surface area (Å²) in [6, 6.07) is 0. The number of esters is 6. The molecule has 292 valence electrons. The summed E-state index contributed by atoms with van der Waals surface area (Å²) >= 11 is 0. The van der Waals surface area contributed by atoms with Gasteiger partial charge in [0.1, 0.15) is 36.6 Å². The van der Waals surface area contributed by atoms with Crippen LogP contribution >= 0.6 is 0 Å². The maximum absolute atomic E-state index is 13.3. The third kappa shape index (κ3) is 9.41. The van der Waals surface area contributed by atoms with E-state index in [0.717, 1.165) is 46.5 Å². The lowest BCUT2D eigenvalue weighted by atomic mass is 9.51. The summed E-state index contributed by atoms with van der Waals surface area (Å²) in [6.07, 6.45) is 1.56. The molecule has 2 fully saturated rings. The molecular weight excluding hydrogens is 680 g/mol. The summed E-state index contributed by atoms with van der Waals surface area (Å²) in [5.74, 6) is -7.38. The Morgan fingerprint density at radius 1 is 0.827 bits per heavy atom. The second-order valence-corrected chi connectivity index (χ2v) is 14.6. The number of carbonyl (C=O) groups excluding carboxylic acids is 6. The van der Waals surface area contributed by atoms with Crippen LogP contribution in [0.15, 0.2) is 23.8 Å². The van der Waals surface area contributed by atoms with Crippen LogP contribution in [0.1, 0.15) is 113 Å². The average molecular weight is 737 g/mol. The van der Waals surface area contributed by atoms with Crippen LogP contribution in [0.2, 0.25) is 0 Å². The summed E-state index contributed by atoms with van der Waals surface area (Å²) < 4.78 is 34.7. The zero-order valence-electron chi connectivity index (χ0n) is 31.6. The van der Waals surface area contributed by atoms with Gasteiger partial charge in [0.2, 0.25) is 0 Å². The lowest BCUT2D eigenvalue weighted by Gasteiger charge is -2.60. The van der Waals surface area contributed by atoms with E-state index in [-0.39, 0.29) is 31.4 Å². The molecule has 0 radical (unpaired) electrons. The number of hydrogen-bond acceptors (Lipinski definition) is 14. The van der Waals surface area contributed by atoms with Gasteiger partial charge in [-0.05, 0) is 44.4 Å². The zero-order chi connectivity index (χ0) is 39.0. The average Bonchev–Trinajstić information content (AvgIpc) is 3.26. The molecular formula is C38H56O14. The third-order valence-corrected chi connectivity index (χ3v) is 10.5. The third-order valence-electron chi connectivity index (χ3n) is 10.5. The predicted octanol–water partition coefficient (Wildman–Crippen LogP) is 3.96. The molecule has 52 heavy (non-hydrogen) atoms. The maximum Gasteiger partial charge on any atom is 0.312 e. The van der Waals surface area contributed by atoms with Gasteiger partial charge in [-0.3, -0.25) is 28.8 Å². The van der Waals surface area contributed by atoms with Gasteiger partial charge in [-0.15, -0.1) is 0 Å². The van der Waals surface area contributed by atoms with Gasteiger partial charge in [0, 0.05) is 46.0 Å². The van der Waals surface area contributed by atoms with E-state index in [2.05, 4.69) is 6.92 Å². The van der Waals surface area contributed by atoms with Gasteiger partial charge in [-0.25, -0.2) is 0 Å². The van der Waals surface area contributed by atoms with Gasteiger partial charge in [0.15, 0.2) is 11.7 Å². The monoisotopic (exact) mass is 736 g/mol. The normalized spacial score (nSPS) is 35.7. The van der Waals surface area contributed by atoms with Crippen LogP contribution in [0.3, 0.4) is 0 Å². The van der Waals surface area contributed by atoms with Gasteiger partial charge in [-0.2, -0.15) is 0 Å².